The molecule has 0 bridgehead atoms. The Bertz CT molecular complexity index is 2720. The fourth-order valence-corrected chi connectivity index (χ4v) is 5.86. The Balaban J connectivity index is 0.920. The molecule has 0 unspecified atom stereocenters. The number of benzene rings is 4. The number of nitrogens with zero attached hydrogens (tertiary/aromatic N) is 9. The Hall–Kier alpha value is -7.35. The normalized spacial score (nSPS) is 11.4. The molecule has 9 rings (SSSR count). The van der Waals surface area contributed by atoms with Crippen LogP contribution < -0.4 is 0 Å². The third kappa shape index (κ3) is 6.59. The van der Waals surface area contributed by atoms with Crippen molar-refractivity contribution in [1.82, 2.24) is 45.5 Å². The summed E-state index contributed by atoms with van der Waals surface area (Å²) >= 11 is 0. The summed E-state index contributed by atoms with van der Waals surface area (Å²) in [6.45, 7) is 3.89. The van der Waals surface area contributed by atoms with E-state index in [1.807, 2.05) is 97.1 Å². The second-order valence-electron chi connectivity index (χ2n) is 12.5. The van der Waals surface area contributed by atoms with Crippen LogP contribution in [0.2, 0.25) is 0 Å². The highest BCUT2D eigenvalue weighted by Gasteiger charge is 2.18. The van der Waals surface area contributed by atoms with Crippen molar-refractivity contribution in [1.29, 1.82) is 0 Å². The summed E-state index contributed by atoms with van der Waals surface area (Å²) in [5, 5.41) is 16.5. The Labute approximate surface area is 306 Å². The number of aromatic nitrogens is 9. The minimum absolute atomic E-state index is 0.341. The number of hydrogen-bond acceptors (Lipinski definition) is 14. The topological polar surface area (TPSA) is 182 Å². The van der Waals surface area contributed by atoms with Crippen LogP contribution in [0.25, 0.3) is 91.2 Å². The van der Waals surface area contributed by atoms with E-state index in [1.54, 1.807) is 13.2 Å². The van der Waals surface area contributed by atoms with Gasteiger partial charge in [-0.2, -0.15) is 19.9 Å². The predicted octanol–water partition coefficient (Wildman–Crippen LogP) is 9.19. The van der Waals surface area contributed by atoms with E-state index in [4.69, 9.17) is 32.5 Å². The fraction of sp³-hybridized carbons (Fsp3) is 0.125. The average molecular weight is 716 g/mol. The molecule has 0 fully saturated rings. The second-order valence-corrected chi connectivity index (χ2v) is 12.5. The summed E-state index contributed by atoms with van der Waals surface area (Å²) < 4.78 is 28.0. The molecule has 54 heavy (non-hydrogen) atoms. The first-order valence-electron chi connectivity index (χ1n) is 17.3. The predicted molar refractivity (Wildman–Crippen MR) is 195 cm³/mol. The smallest absolute Gasteiger partial charge is 0.258 e. The minimum atomic E-state index is 0.341. The van der Waals surface area contributed by atoms with Gasteiger partial charge in [0.15, 0.2) is 5.82 Å². The molecule has 0 N–H and O–H groups in total. The standard InChI is InChI=1S/C40H29N9O5/c1-3-4-17-33-43-34(47-51-33)25-10-5-9-24(18-25)32-22-50-37(42-32)28-13-7-15-30(20-28)39-44-35(48-53-39)26-11-6-12-27(19-26)36-45-40(54-49-36)31-16-8-14-29(21-31)38-41-23(2)46-52-38/h5-16,18-22H,3-4,17H2,1-2H3. The van der Waals surface area contributed by atoms with Crippen molar-refractivity contribution in [3.63, 3.8) is 0 Å². The maximum atomic E-state index is 5.92. The van der Waals surface area contributed by atoms with Crippen molar-refractivity contribution in [2.75, 3.05) is 0 Å². The maximum absolute atomic E-state index is 5.92. The maximum Gasteiger partial charge on any atom is 0.258 e. The van der Waals surface area contributed by atoms with Crippen molar-refractivity contribution < 1.29 is 22.5 Å². The lowest BCUT2D eigenvalue weighted by Crippen LogP contribution is -1.87. The van der Waals surface area contributed by atoms with E-state index in [-0.39, 0.29) is 0 Å². The first-order valence-corrected chi connectivity index (χ1v) is 17.3. The molecule has 264 valence electrons. The zero-order valence-electron chi connectivity index (χ0n) is 29.0. The lowest BCUT2D eigenvalue weighted by atomic mass is 10.1. The van der Waals surface area contributed by atoms with Gasteiger partial charge in [-0.05, 0) is 61.9 Å². The highest BCUT2D eigenvalue weighted by molar-refractivity contribution is 5.72. The molecule has 0 spiro atoms. The van der Waals surface area contributed by atoms with Gasteiger partial charge in [0.25, 0.3) is 17.7 Å². The van der Waals surface area contributed by atoms with E-state index in [0.717, 1.165) is 58.2 Å². The number of rotatable bonds is 11. The van der Waals surface area contributed by atoms with Crippen LogP contribution in [0.15, 0.2) is 126 Å². The molecule has 0 aliphatic carbocycles. The summed E-state index contributed by atoms with van der Waals surface area (Å²) in [5.74, 6) is 4.09. The van der Waals surface area contributed by atoms with Crippen LogP contribution in [-0.2, 0) is 6.42 Å². The number of oxazole rings is 1. The van der Waals surface area contributed by atoms with Crippen LogP contribution in [0.3, 0.4) is 0 Å². The van der Waals surface area contributed by atoms with E-state index in [1.165, 1.54) is 0 Å². The van der Waals surface area contributed by atoms with E-state index < -0.39 is 0 Å². The van der Waals surface area contributed by atoms with Crippen molar-refractivity contribution in [2.45, 2.75) is 33.1 Å². The van der Waals surface area contributed by atoms with E-state index in [0.29, 0.717) is 64.0 Å². The van der Waals surface area contributed by atoms with Gasteiger partial charge >= 0.3 is 0 Å². The zero-order valence-corrected chi connectivity index (χ0v) is 29.0. The fourth-order valence-electron chi connectivity index (χ4n) is 5.86. The van der Waals surface area contributed by atoms with Gasteiger partial charge in [0.05, 0.1) is 0 Å². The molecule has 0 aliphatic heterocycles. The number of unbranched alkanes of at least 4 members (excludes halogenated alkanes) is 1. The summed E-state index contributed by atoms with van der Waals surface area (Å²) in [7, 11) is 0. The van der Waals surface area contributed by atoms with Crippen LogP contribution in [0, 0.1) is 6.92 Å². The van der Waals surface area contributed by atoms with Crippen molar-refractivity contribution in [3.05, 3.63) is 115 Å². The molecule has 14 heteroatoms. The largest absolute Gasteiger partial charge is 0.444 e. The summed E-state index contributed by atoms with van der Waals surface area (Å²) in [4.78, 5) is 22.9. The monoisotopic (exact) mass is 715 g/mol. The first kappa shape index (κ1) is 32.6. The van der Waals surface area contributed by atoms with Gasteiger partial charge in [0.2, 0.25) is 29.3 Å². The molecular weight excluding hydrogens is 686 g/mol. The Morgan fingerprint density at radius 1 is 0.463 bits per heavy atom. The lowest BCUT2D eigenvalue weighted by Gasteiger charge is -2.00. The van der Waals surface area contributed by atoms with E-state index >= 15 is 0 Å². The van der Waals surface area contributed by atoms with Gasteiger partial charge in [0.1, 0.15) is 12.0 Å². The molecule has 5 aromatic heterocycles. The van der Waals surface area contributed by atoms with Crippen LogP contribution >= 0.6 is 0 Å². The van der Waals surface area contributed by atoms with Crippen LogP contribution in [-0.4, -0.2) is 45.5 Å². The first-order chi connectivity index (χ1) is 26.6. The van der Waals surface area contributed by atoms with Crippen LogP contribution in [0.4, 0.5) is 0 Å². The summed E-state index contributed by atoms with van der Waals surface area (Å²) in [6, 6.07) is 30.4. The molecule has 0 saturated heterocycles. The Morgan fingerprint density at radius 2 is 0.926 bits per heavy atom. The molecule has 0 saturated carbocycles. The molecule has 0 atom stereocenters. The molecule has 4 aromatic carbocycles. The third-order valence-corrected chi connectivity index (χ3v) is 8.60. The molecule has 9 aromatic rings. The van der Waals surface area contributed by atoms with Gasteiger partial charge in [-0.1, -0.05) is 82.5 Å². The van der Waals surface area contributed by atoms with Gasteiger partial charge in [-0.25, -0.2) is 4.98 Å². The van der Waals surface area contributed by atoms with Gasteiger partial charge < -0.3 is 22.5 Å². The average Bonchev–Trinajstić information content (AvgIpc) is 4.08. The van der Waals surface area contributed by atoms with E-state index in [9.17, 15) is 0 Å². The molecule has 5 heterocycles. The quantitative estimate of drug-likeness (QED) is 0.123. The Kier molecular flexibility index (Phi) is 8.43. The van der Waals surface area contributed by atoms with Gasteiger partial charge in [0, 0.05) is 50.9 Å². The molecule has 0 radical (unpaired) electrons. The molecule has 0 amide bonds. The van der Waals surface area contributed by atoms with Crippen molar-refractivity contribution in [2.24, 2.45) is 0 Å². The van der Waals surface area contributed by atoms with Crippen molar-refractivity contribution in [3.8, 4) is 91.2 Å². The molecule has 14 nitrogen and oxygen atoms in total. The third-order valence-electron chi connectivity index (χ3n) is 8.60. The summed E-state index contributed by atoms with van der Waals surface area (Å²) in [5.41, 5.74) is 6.74. The zero-order chi connectivity index (χ0) is 36.4. The van der Waals surface area contributed by atoms with Gasteiger partial charge in [-0.15, -0.1) is 0 Å². The second kappa shape index (κ2) is 14.0. The van der Waals surface area contributed by atoms with Gasteiger partial charge in [-0.3, -0.25) is 0 Å². The highest BCUT2D eigenvalue weighted by atomic mass is 16.5. The molecular formula is C40H29N9O5. The van der Waals surface area contributed by atoms with E-state index in [2.05, 4.69) is 42.5 Å². The lowest BCUT2D eigenvalue weighted by molar-refractivity contribution is 0.375. The van der Waals surface area contributed by atoms with Crippen LogP contribution in [0.5, 0.6) is 0 Å². The highest BCUT2D eigenvalue weighted by Crippen LogP contribution is 2.32. The number of aryl methyl sites for hydroxylation is 2. The Morgan fingerprint density at radius 3 is 1.50 bits per heavy atom. The minimum Gasteiger partial charge on any atom is -0.444 e. The van der Waals surface area contributed by atoms with Crippen molar-refractivity contribution >= 4 is 0 Å². The SMILES string of the molecule is CCCCc1nc(-c2cccc(-c3coc(-c4cccc(-c5nc(-c6cccc(-c7noc(-c8cccc(-c9nc(C)no9)c8)n7)c6)no5)c4)n3)c2)no1. The number of hydrogen-bond donors (Lipinski definition) is 0. The molecule has 0 aliphatic rings. The summed E-state index contributed by atoms with van der Waals surface area (Å²) in [6.07, 6.45) is 4.45. The van der Waals surface area contributed by atoms with Crippen LogP contribution in [0.1, 0.15) is 31.5 Å².